The summed E-state index contributed by atoms with van der Waals surface area (Å²) in [4.78, 5) is 14.5. The van der Waals surface area contributed by atoms with E-state index in [1.54, 1.807) is 31.4 Å². The van der Waals surface area contributed by atoms with Gasteiger partial charge in [0.05, 0.1) is 7.11 Å². The molecule has 1 aromatic carbocycles. The lowest BCUT2D eigenvalue weighted by Crippen LogP contribution is -2.47. The molecule has 2 heterocycles. The van der Waals surface area contributed by atoms with Crippen LogP contribution in [0.2, 0.25) is 0 Å². The lowest BCUT2D eigenvalue weighted by molar-refractivity contribution is 0.0925. The van der Waals surface area contributed by atoms with E-state index in [4.69, 9.17) is 4.74 Å². The maximum Gasteiger partial charge on any atom is 0.251 e. The van der Waals surface area contributed by atoms with Gasteiger partial charge in [0.25, 0.3) is 5.91 Å². The molecule has 1 aliphatic rings. The second kappa shape index (κ2) is 6.23. The molecule has 22 heavy (non-hydrogen) atoms. The van der Waals surface area contributed by atoms with Crippen molar-refractivity contribution in [2.75, 3.05) is 20.7 Å². The molecule has 1 amide bonds. The number of hydrogen-bond donors (Lipinski definition) is 1. The molecule has 0 bridgehead atoms. The quantitative estimate of drug-likeness (QED) is 0.935. The molecular formula is C17H21N3O2. The first kappa shape index (κ1) is 14.7. The van der Waals surface area contributed by atoms with Crippen LogP contribution in [0.3, 0.4) is 0 Å². The van der Waals surface area contributed by atoms with Crippen LogP contribution in [0.1, 0.15) is 16.1 Å². The Bertz CT molecular complexity index is 648. The zero-order valence-corrected chi connectivity index (χ0v) is 13.0. The summed E-state index contributed by atoms with van der Waals surface area (Å²) < 4.78 is 7.36. The number of benzene rings is 1. The highest BCUT2D eigenvalue weighted by molar-refractivity contribution is 5.94. The molecule has 0 radical (unpaired) electrons. The van der Waals surface area contributed by atoms with E-state index in [0.717, 1.165) is 18.8 Å². The third kappa shape index (κ3) is 2.99. The average molecular weight is 299 g/mol. The second-order valence-electron chi connectivity index (χ2n) is 5.66. The molecule has 0 spiro atoms. The molecule has 1 unspecified atom stereocenters. The number of carbonyl (C=O) groups is 1. The fourth-order valence-corrected chi connectivity index (χ4v) is 2.80. The lowest BCUT2D eigenvalue weighted by Gasteiger charge is -2.34. The number of likely N-dealkylation sites (N-methyl/N-ethyl adjacent to an activating group) is 1. The fraction of sp³-hybridized carbons (Fsp3) is 0.353. The molecule has 5 nitrogen and oxygen atoms in total. The van der Waals surface area contributed by atoms with Crippen LogP contribution < -0.4 is 10.1 Å². The SMILES string of the molecule is COc1ccc(C(=O)NCC2Cn3cccc3CN2C)cc1. The van der Waals surface area contributed by atoms with Gasteiger partial charge < -0.3 is 14.6 Å². The van der Waals surface area contributed by atoms with Crippen molar-refractivity contribution in [3.63, 3.8) is 0 Å². The highest BCUT2D eigenvalue weighted by atomic mass is 16.5. The van der Waals surface area contributed by atoms with E-state index in [1.165, 1.54) is 5.69 Å². The Kier molecular flexibility index (Phi) is 4.15. The highest BCUT2D eigenvalue weighted by Gasteiger charge is 2.23. The van der Waals surface area contributed by atoms with E-state index in [0.29, 0.717) is 18.2 Å². The van der Waals surface area contributed by atoms with E-state index in [9.17, 15) is 4.79 Å². The van der Waals surface area contributed by atoms with E-state index in [1.807, 2.05) is 0 Å². The Morgan fingerprint density at radius 2 is 2.09 bits per heavy atom. The molecule has 0 saturated heterocycles. The zero-order valence-electron chi connectivity index (χ0n) is 13.0. The summed E-state index contributed by atoms with van der Waals surface area (Å²) in [6, 6.07) is 11.7. The molecule has 0 saturated carbocycles. The monoisotopic (exact) mass is 299 g/mol. The Morgan fingerprint density at radius 3 is 2.82 bits per heavy atom. The van der Waals surface area contributed by atoms with Gasteiger partial charge in [0.15, 0.2) is 0 Å². The summed E-state index contributed by atoms with van der Waals surface area (Å²) in [5.41, 5.74) is 1.97. The van der Waals surface area contributed by atoms with Gasteiger partial charge in [0.1, 0.15) is 5.75 Å². The standard InChI is InChI=1S/C17H21N3O2/c1-19-11-14-4-3-9-20(14)12-15(19)10-18-17(21)13-5-7-16(22-2)8-6-13/h3-9,15H,10-12H2,1-2H3,(H,18,21). The van der Waals surface area contributed by atoms with Crippen molar-refractivity contribution in [3.8, 4) is 5.75 Å². The molecule has 2 aromatic rings. The first-order chi connectivity index (χ1) is 10.7. The molecule has 1 atom stereocenters. The number of methoxy groups -OCH3 is 1. The third-order valence-electron chi connectivity index (χ3n) is 4.22. The Morgan fingerprint density at radius 1 is 1.32 bits per heavy atom. The minimum Gasteiger partial charge on any atom is -0.497 e. The molecule has 1 N–H and O–H groups in total. The number of rotatable bonds is 4. The van der Waals surface area contributed by atoms with Crippen LogP contribution in [0.5, 0.6) is 5.75 Å². The predicted molar refractivity (Wildman–Crippen MR) is 85.0 cm³/mol. The van der Waals surface area contributed by atoms with Crippen LogP contribution in [0, 0.1) is 0 Å². The van der Waals surface area contributed by atoms with E-state index in [2.05, 4.69) is 40.2 Å². The van der Waals surface area contributed by atoms with Gasteiger partial charge in [-0.1, -0.05) is 0 Å². The smallest absolute Gasteiger partial charge is 0.251 e. The number of ether oxygens (including phenoxy) is 1. The topological polar surface area (TPSA) is 46.5 Å². The van der Waals surface area contributed by atoms with Crippen molar-refractivity contribution in [1.29, 1.82) is 0 Å². The Hall–Kier alpha value is -2.27. The first-order valence-corrected chi connectivity index (χ1v) is 7.44. The lowest BCUT2D eigenvalue weighted by atomic mass is 10.1. The minimum atomic E-state index is -0.0469. The van der Waals surface area contributed by atoms with E-state index < -0.39 is 0 Å². The van der Waals surface area contributed by atoms with Crippen LogP contribution in [-0.2, 0) is 13.1 Å². The van der Waals surface area contributed by atoms with Crippen LogP contribution in [-0.4, -0.2) is 42.1 Å². The van der Waals surface area contributed by atoms with Gasteiger partial charge in [-0.15, -0.1) is 0 Å². The summed E-state index contributed by atoms with van der Waals surface area (Å²) in [6.07, 6.45) is 2.10. The Balaban J connectivity index is 1.59. The summed E-state index contributed by atoms with van der Waals surface area (Å²) in [5.74, 6) is 0.707. The zero-order chi connectivity index (χ0) is 15.5. The first-order valence-electron chi connectivity index (χ1n) is 7.44. The van der Waals surface area contributed by atoms with Gasteiger partial charge in [0, 0.05) is 43.1 Å². The maximum atomic E-state index is 12.2. The van der Waals surface area contributed by atoms with Crippen LogP contribution >= 0.6 is 0 Å². The molecule has 0 aliphatic carbocycles. The predicted octanol–water partition coefficient (Wildman–Crippen LogP) is 1.74. The van der Waals surface area contributed by atoms with Crippen LogP contribution in [0.25, 0.3) is 0 Å². The number of nitrogens with zero attached hydrogens (tertiary/aromatic N) is 2. The molecule has 0 fully saturated rings. The summed E-state index contributed by atoms with van der Waals surface area (Å²) in [6.45, 7) is 2.46. The van der Waals surface area contributed by atoms with Crippen molar-refractivity contribution in [2.24, 2.45) is 0 Å². The number of nitrogens with one attached hydrogen (secondary N) is 1. The van der Waals surface area contributed by atoms with Gasteiger partial charge in [-0.25, -0.2) is 0 Å². The van der Waals surface area contributed by atoms with Crippen molar-refractivity contribution >= 4 is 5.91 Å². The van der Waals surface area contributed by atoms with E-state index >= 15 is 0 Å². The molecule has 1 aromatic heterocycles. The summed E-state index contributed by atoms with van der Waals surface area (Å²) in [5, 5.41) is 3.02. The van der Waals surface area contributed by atoms with Gasteiger partial charge in [-0.2, -0.15) is 0 Å². The number of aromatic nitrogens is 1. The maximum absolute atomic E-state index is 12.2. The van der Waals surface area contributed by atoms with Crippen LogP contribution in [0.4, 0.5) is 0 Å². The van der Waals surface area contributed by atoms with Gasteiger partial charge in [0.2, 0.25) is 0 Å². The normalized spacial score (nSPS) is 17.8. The van der Waals surface area contributed by atoms with Gasteiger partial charge in [-0.3, -0.25) is 9.69 Å². The molecule has 116 valence electrons. The number of hydrogen-bond acceptors (Lipinski definition) is 3. The fourth-order valence-electron chi connectivity index (χ4n) is 2.80. The molecule has 3 rings (SSSR count). The van der Waals surface area contributed by atoms with E-state index in [-0.39, 0.29) is 5.91 Å². The highest BCUT2D eigenvalue weighted by Crippen LogP contribution is 2.16. The summed E-state index contributed by atoms with van der Waals surface area (Å²) in [7, 11) is 3.71. The van der Waals surface area contributed by atoms with Gasteiger partial charge in [-0.05, 0) is 43.4 Å². The second-order valence-corrected chi connectivity index (χ2v) is 5.66. The van der Waals surface area contributed by atoms with Gasteiger partial charge >= 0.3 is 0 Å². The Labute approximate surface area is 130 Å². The summed E-state index contributed by atoms with van der Waals surface area (Å²) >= 11 is 0. The largest absolute Gasteiger partial charge is 0.497 e. The number of fused-ring (bicyclic) bond motifs is 1. The molecular weight excluding hydrogens is 278 g/mol. The minimum absolute atomic E-state index is 0.0469. The van der Waals surface area contributed by atoms with Crippen molar-refractivity contribution in [3.05, 3.63) is 53.9 Å². The molecule has 5 heteroatoms. The van der Waals surface area contributed by atoms with Crippen LogP contribution in [0.15, 0.2) is 42.6 Å². The molecule has 1 aliphatic heterocycles. The van der Waals surface area contributed by atoms with Crippen molar-refractivity contribution in [1.82, 2.24) is 14.8 Å². The van der Waals surface area contributed by atoms with Crippen molar-refractivity contribution < 1.29 is 9.53 Å². The third-order valence-corrected chi connectivity index (χ3v) is 4.22. The number of amides is 1. The average Bonchev–Trinajstić information content (AvgIpc) is 2.99. The number of carbonyl (C=O) groups excluding carboxylic acids is 1. The van der Waals surface area contributed by atoms with Crippen molar-refractivity contribution in [2.45, 2.75) is 19.1 Å².